The van der Waals surface area contributed by atoms with Gasteiger partial charge in [0.15, 0.2) is 0 Å². The molecule has 0 N–H and O–H groups in total. The summed E-state index contributed by atoms with van der Waals surface area (Å²) in [6.07, 6.45) is 2.28. The van der Waals surface area contributed by atoms with Crippen LogP contribution in [0.2, 0.25) is 0 Å². The molecule has 1 heterocycles. The molecule has 0 aliphatic carbocycles. The molecule has 2 nitrogen and oxygen atoms in total. The third-order valence-corrected chi connectivity index (χ3v) is 2.54. The summed E-state index contributed by atoms with van der Waals surface area (Å²) in [4.78, 5) is 2.48. The number of ether oxygens (including phenoxy) is 1. The van der Waals surface area contributed by atoms with Crippen LogP contribution in [0.25, 0.3) is 0 Å². The maximum absolute atomic E-state index is 5.46. The first-order valence-corrected chi connectivity index (χ1v) is 4.98. The second kappa shape index (κ2) is 4.25. The van der Waals surface area contributed by atoms with E-state index in [2.05, 4.69) is 38.7 Å². The van der Waals surface area contributed by atoms with Crippen molar-refractivity contribution in [3.05, 3.63) is 11.6 Å². The maximum atomic E-state index is 5.46. The summed E-state index contributed by atoms with van der Waals surface area (Å²) in [5, 5.41) is 0. The van der Waals surface area contributed by atoms with E-state index in [0.29, 0.717) is 0 Å². The quantitative estimate of drug-likeness (QED) is 0.608. The summed E-state index contributed by atoms with van der Waals surface area (Å²) >= 11 is 0. The monoisotopic (exact) mass is 183 g/mol. The van der Waals surface area contributed by atoms with Crippen molar-refractivity contribution in [3.63, 3.8) is 0 Å². The van der Waals surface area contributed by atoms with Crippen LogP contribution in [0, 0.1) is 0 Å². The predicted molar refractivity (Wildman–Crippen MR) is 55.9 cm³/mol. The van der Waals surface area contributed by atoms with Gasteiger partial charge in [-0.2, -0.15) is 0 Å². The summed E-state index contributed by atoms with van der Waals surface area (Å²) in [7, 11) is 0. The van der Waals surface area contributed by atoms with Gasteiger partial charge in [-0.1, -0.05) is 11.6 Å². The molecule has 1 aliphatic heterocycles. The van der Waals surface area contributed by atoms with Crippen molar-refractivity contribution in [2.45, 2.75) is 33.2 Å². The standard InChI is InChI=1S/C11H21NO/c1-10(2)5-6-12-7-8-13-9-11(12,3)4/h5H,6-9H2,1-4H3. The van der Waals surface area contributed by atoms with Gasteiger partial charge in [0.1, 0.15) is 0 Å². The Kier molecular flexibility index (Phi) is 3.51. The predicted octanol–water partition coefficient (Wildman–Crippen LogP) is 2.06. The van der Waals surface area contributed by atoms with Crippen LogP contribution in [0.1, 0.15) is 27.7 Å². The van der Waals surface area contributed by atoms with Crippen molar-refractivity contribution in [1.82, 2.24) is 4.90 Å². The smallest absolute Gasteiger partial charge is 0.0645 e. The first-order chi connectivity index (χ1) is 6.02. The molecule has 0 bridgehead atoms. The molecule has 1 saturated heterocycles. The molecule has 0 unspecified atom stereocenters. The zero-order valence-electron chi connectivity index (χ0n) is 9.26. The van der Waals surface area contributed by atoms with E-state index in [9.17, 15) is 0 Å². The molecule has 0 saturated carbocycles. The van der Waals surface area contributed by atoms with Gasteiger partial charge in [0, 0.05) is 18.6 Å². The third-order valence-electron chi connectivity index (χ3n) is 2.54. The van der Waals surface area contributed by atoms with E-state index in [-0.39, 0.29) is 5.54 Å². The number of nitrogens with zero attached hydrogens (tertiary/aromatic N) is 1. The summed E-state index contributed by atoms with van der Waals surface area (Å²) in [5.41, 5.74) is 1.59. The SMILES string of the molecule is CC(C)=CCN1CCOCC1(C)C. The zero-order valence-corrected chi connectivity index (χ0v) is 9.26. The average Bonchev–Trinajstić information content (AvgIpc) is 2.01. The highest BCUT2D eigenvalue weighted by Crippen LogP contribution is 2.18. The van der Waals surface area contributed by atoms with Gasteiger partial charge < -0.3 is 4.74 Å². The zero-order chi connectivity index (χ0) is 9.90. The molecule has 0 aromatic carbocycles. The molecule has 0 aromatic heterocycles. The molecule has 0 amide bonds. The second-order valence-corrected chi connectivity index (χ2v) is 4.59. The van der Waals surface area contributed by atoms with Crippen molar-refractivity contribution >= 4 is 0 Å². The number of allylic oxidation sites excluding steroid dienone is 1. The lowest BCUT2D eigenvalue weighted by atomic mass is 10.0. The van der Waals surface area contributed by atoms with Crippen LogP contribution in [0.3, 0.4) is 0 Å². The van der Waals surface area contributed by atoms with Crippen LogP contribution in [0.15, 0.2) is 11.6 Å². The average molecular weight is 183 g/mol. The van der Waals surface area contributed by atoms with Crippen LogP contribution >= 0.6 is 0 Å². The fourth-order valence-electron chi connectivity index (χ4n) is 1.52. The minimum atomic E-state index is 0.199. The van der Waals surface area contributed by atoms with Gasteiger partial charge in [-0.25, -0.2) is 0 Å². The Morgan fingerprint density at radius 1 is 1.46 bits per heavy atom. The van der Waals surface area contributed by atoms with E-state index in [4.69, 9.17) is 4.74 Å². The molecular formula is C11H21NO. The summed E-state index contributed by atoms with van der Waals surface area (Å²) in [5.74, 6) is 0. The molecule has 1 rings (SSSR count). The van der Waals surface area contributed by atoms with Crippen molar-refractivity contribution < 1.29 is 4.74 Å². The molecule has 1 aliphatic rings. The van der Waals surface area contributed by atoms with E-state index < -0.39 is 0 Å². The Labute approximate surface area is 81.6 Å². The lowest BCUT2D eigenvalue weighted by Crippen LogP contribution is -2.52. The Morgan fingerprint density at radius 3 is 2.69 bits per heavy atom. The van der Waals surface area contributed by atoms with Crippen molar-refractivity contribution in [2.24, 2.45) is 0 Å². The van der Waals surface area contributed by atoms with E-state index in [1.165, 1.54) is 5.57 Å². The van der Waals surface area contributed by atoms with E-state index in [1.807, 2.05) is 0 Å². The summed E-state index contributed by atoms with van der Waals surface area (Å²) in [6, 6.07) is 0. The van der Waals surface area contributed by atoms with Crippen molar-refractivity contribution in [1.29, 1.82) is 0 Å². The Bertz CT molecular complexity index is 192. The van der Waals surface area contributed by atoms with Gasteiger partial charge in [-0.3, -0.25) is 4.90 Å². The van der Waals surface area contributed by atoms with Crippen LogP contribution in [-0.2, 0) is 4.74 Å². The van der Waals surface area contributed by atoms with Gasteiger partial charge in [-0.05, 0) is 27.7 Å². The first-order valence-electron chi connectivity index (χ1n) is 4.98. The highest BCUT2D eigenvalue weighted by atomic mass is 16.5. The molecule has 76 valence electrons. The van der Waals surface area contributed by atoms with E-state index >= 15 is 0 Å². The first kappa shape index (κ1) is 10.7. The van der Waals surface area contributed by atoms with Gasteiger partial charge in [0.05, 0.1) is 13.2 Å². The fraction of sp³-hybridized carbons (Fsp3) is 0.818. The van der Waals surface area contributed by atoms with Gasteiger partial charge in [0.2, 0.25) is 0 Å². The lowest BCUT2D eigenvalue weighted by Gasteiger charge is -2.41. The molecule has 0 aromatic rings. The molecule has 13 heavy (non-hydrogen) atoms. The Hall–Kier alpha value is -0.340. The third kappa shape index (κ3) is 3.12. The summed E-state index contributed by atoms with van der Waals surface area (Å²) in [6.45, 7) is 12.6. The number of hydrogen-bond donors (Lipinski definition) is 0. The lowest BCUT2D eigenvalue weighted by molar-refractivity contribution is -0.0451. The maximum Gasteiger partial charge on any atom is 0.0645 e. The number of rotatable bonds is 2. The highest BCUT2D eigenvalue weighted by Gasteiger charge is 2.29. The van der Waals surface area contributed by atoms with Crippen molar-refractivity contribution in [2.75, 3.05) is 26.3 Å². The van der Waals surface area contributed by atoms with Crippen LogP contribution in [0.5, 0.6) is 0 Å². The van der Waals surface area contributed by atoms with Gasteiger partial charge in [-0.15, -0.1) is 0 Å². The minimum absolute atomic E-state index is 0.199. The van der Waals surface area contributed by atoms with E-state index in [1.54, 1.807) is 0 Å². The van der Waals surface area contributed by atoms with E-state index in [0.717, 1.165) is 26.3 Å². The highest BCUT2D eigenvalue weighted by molar-refractivity contribution is 4.98. The van der Waals surface area contributed by atoms with Crippen LogP contribution < -0.4 is 0 Å². The van der Waals surface area contributed by atoms with Gasteiger partial charge in [0.25, 0.3) is 0 Å². The van der Waals surface area contributed by atoms with Crippen molar-refractivity contribution in [3.8, 4) is 0 Å². The second-order valence-electron chi connectivity index (χ2n) is 4.59. The number of morpholine rings is 1. The number of hydrogen-bond acceptors (Lipinski definition) is 2. The molecule has 0 spiro atoms. The fourth-order valence-corrected chi connectivity index (χ4v) is 1.52. The molecule has 2 heteroatoms. The molecule has 1 fully saturated rings. The summed E-state index contributed by atoms with van der Waals surface area (Å²) < 4.78 is 5.46. The molecule has 0 radical (unpaired) electrons. The minimum Gasteiger partial charge on any atom is -0.378 e. The normalized spacial score (nSPS) is 22.8. The van der Waals surface area contributed by atoms with Crippen LogP contribution in [0.4, 0.5) is 0 Å². The van der Waals surface area contributed by atoms with Crippen LogP contribution in [-0.4, -0.2) is 36.7 Å². The molecular weight excluding hydrogens is 162 g/mol. The molecule has 0 atom stereocenters. The van der Waals surface area contributed by atoms with Gasteiger partial charge >= 0.3 is 0 Å². The Balaban J connectivity index is 2.51. The Morgan fingerprint density at radius 2 is 2.15 bits per heavy atom. The largest absolute Gasteiger partial charge is 0.378 e. The topological polar surface area (TPSA) is 12.5 Å².